The van der Waals surface area contributed by atoms with Crippen molar-refractivity contribution in [2.24, 2.45) is 0 Å². The van der Waals surface area contributed by atoms with Crippen LogP contribution in [0.3, 0.4) is 0 Å². The quantitative estimate of drug-likeness (QED) is 0.825. The molecule has 2 aromatic heterocycles. The molecule has 25 heavy (non-hydrogen) atoms. The third-order valence-corrected chi connectivity index (χ3v) is 3.03. The number of hydrogen-bond donors (Lipinski definition) is 1. The number of amides is 1. The summed E-state index contributed by atoms with van der Waals surface area (Å²) in [4.78, 5) is 27.1. The van der Waals surface area contributed by atoms with Crippen LogP contribution in [-0.4, -0.2) is 46.0 Å². The van der Waals surface area contributed by atoms with Crippen molar-refractivity contribution in [2.75, 3.05) is 13.2 Å². The fourth-order valence-corrected chi connectivity index (χ4v) is 1.96. The normalized spacial score (nSPS) is 11.2. The Morgan fingerprint density at radius 2 is 2.00 bits per heavy atom. The van der Waals surface area contributed by atoms with Gasteiger partial charge in [0.2, 0.25) is 0 Å². The molecule has 0 unspecified atom stereocenters. The SMILES string of the molecule is Cc1cc(C)n(-c2ccc(C(=O)OCC(=O)NCC(F)(F)F)cn2)n1. The maximum atomic E-state index is 11.9. The molecule has 134 valence electrons. The van der Waals surface area contributed by atoms with Crippen LogP contribution < -0.4 is 5.32 Å². The van der Waals surface area contributed by atoms with E-state index in [0.29, 0.717) is 5.82 Å². The van der Waals surface area contributed by atoms with E-state index < -0.39 is 31.2 Å². The number of aromatic nitrogens is 3. The standard InChI is InChI=1S/C15H15F3N4O3/c1-9-5-10(2)22(21-9)12-4-3-11(6-19-12)14(24)25-7-13(23)20-8-15(16,17)18/h3-6H,7-8H2,1-2H3,(H,20,23). The Morgan fingerprint density at radius 1 is 1.28 bits per heavy atom. The number of carbonyl (C=O) groups is 2. The summed E-state index contributed by atoms with van der Waals surface area (Å²) in [5.41, 5.74) is 1.74. The number of nitrogens with zero attached hydrogens (tertiary/aromatic N) is 3. The van der Waals surface area contributed by atoms with E-state index in [4.69, 9.17) is 0 Å². The first kappa shape index (κ1) is 18.4. The van der Waals surface area contributed by atoms with E-state index in [1.807, 2.05) is 19.9 Å². The first-order chi connectivity index (χ1) is 11.7. The van der Waals surface area contributed by atoms with Gasteiger partial charge < -0.3 is 10.1 Å². The monoisotopic (exact) mass is 356 g/mol. The Kier molecular flexibility index (Phi) is 5.40. The fraction of sp³-hybridized carbons (Fsp3) is 0.333. The van der Waals surface area contributed by atoms with Crippen LogP contribution in [0, 0.1) is 13.8 Å². The van der Waals surface area contributed by atoms with Gasteiger partial charge in [0.15, 0.2) is 12.4 Å². The second kappa shape index (κ2) is 7.32. The van der Waals surface area contributed by atoms with Crippen molar-refractivity contribution in [1.29, 1.82) is 0 Å². The summed E-state index contributed by atoms with van der Waals surface area (Å²) in [5, 5.41) is 5.85. The third-order valence-electron chi connectivity index (χ3n) is 3.03. The number of pyridine rings is 1. The predicted octanol–water partition coefficient (Wildman–Crippen LogP) is 1.72. The lowest BCUT2D eigenvalue weighted by molar-refractivity contribution is -0.140. The molecule has 0 fully saturated rings. The van der Waals surface area contributed by atoms with Gasteiger partial charge >= 0.3 is 12.1 Å². The summed E-state index contributed by atoms with van der Waals surface area (Å²) in [5.74, 6) is -1.42. The fourth-order valence-electron chi connectivity index (χ4n) is 1.96. The third kappa shape index (κ3) is 5.30. The van der Waals surface area contributed by atoms with Crippen LogP contribution in [0.25, 0.3) is 5.82 Å². The molecule has 0 saturated heterocycles. The van der Waals surface area contributed by atoms with Crippen molar-refractivity contribution < 1.29 is 27.5 Å². The molecule has 0 saturated carbocycles. The second-order valence-corrected chi connectivity index (χ2v) is 5.21. The second-order valence-electron chi connectivity index (χ2n) is 5.21. The first-order valence-corrected chi connectivity index (χ1v) is 7.16. The molecule has 2 heterocycles. The maximum absolute atomic E-state index is 11.9. The Bertz CT molecular complexity index is 769. The van der Waals surface area contributed by atoms with Crippen LogP contribution in [-0.2, 0) is 9.53 Å². The van der Waals surface area contributed by atoms with Gasteiger partial charge in [-0.1, -0.05) is 0 Å². The predicted molar refractivity (Wildman–Crippen MR) is 80.2 cm³/mol. The zero-order valence-corrected chi connectivity index (χ0v) is 13.4. The van der Waals surface area contributed by atoms with Gasteiger partial charge in [0.05, 0.1) is 11.3 Å². The molecule has 0 aliphatic rings. The summed E-state index contributed by atoms with van der Waals surface area (Å²) in [6.45, 7) is 1.39. The topological polar surface area (TPSA) is 86.1 Å². The van der Waals surface area contributed by atoms with Gasteiger partial charge in [-0.05, 0) is 32.0 Å². The highest BCUT2D eigenvalue weighted by Gasteiger charge is 2.27. The lowest BCUT2D eigenvalue weighted by Gasteiger charge is -2.09. The van der Waals surface area contributed by atoms with E-state index in [9.17, 15) is 22.8 Å². The zero-order chi connectivity index (χ0) is 18.6. The van der Waals surface area contributed by atoms with Gasteiger partial charge in [0.1, 0.15) is 6.54 Å². The molecule has 0 aliphatic carbocycles. The van der Waals surface area contributed by atoms with Gasteiger partial charge in [-0.15, -0.1) is 0 Å². The zero-order valence-electron chi connectivity index (χ0n) is 13.4. The van der Waals surface area contributed by atoms with E-state index in [2.05, 4.69) is 14.8 Å². The summed E-state index contributed by atoms with van der Waals surface area (Å²) in [6.07, 6.45) is -3.29. The summed E-state index contributed by atoms with van der Waals surface area (Å²) >= 11 is 0. The van der Waals surface area contributed by atoms with E-state index in [0.717, 1.165) is 11.4 Å². The molecule has 0 radical (unpaired) electrons. The molecule has 0 spiro atoms. The summed E-state index contributed by atoms with van der Waals surface area (Å²) in [7, 11) is 0. The van der Waals surface area contributed by atoms with Crippen LogP contribution in [0.15, 0.2) is 24.4 Å². The molecule has 2 rings (SSSR count). The van der Waals surface area contributed by atoms with Crippen LogP contribution in [0.5, 0.6) is 0 Å². The number of carbonyl (C=O) groups excluding carboxylic acids is 2. The number of esters is 1. The average molecular weight is 356 g/mol. The molecule has 0 atom stereocenters. The molecule has 7 nitrogen and oxygen atoms in total. The molecule has 0 bridgehead atoms. The molecular weight excluding hydrogens is 341 g/mol. The molecule has 0 aromatic carbocycles. The van der Waals surface area contributed by atoms with Crippen LogP contribution in [0.2, 0.25) is 0 Å². The number of nitrogens with one attached hydrogen (secondary N) is 1. The lowest BCUT2D eigenvalue weighted by atomic mass is 10.3. The number of hydrogen-bond acceptors (Lipinski definition) is 5. The van der Waals surface area contributed by atoms with Crippen molar-refractivity contribution in [2.45, 2.75) is 20.0 Å². The van der Waals surface area contributed by atoms with Gasteiger partial charge in [0, 0.05) is 11.9 Å². The molecule has 1 N–H and O–H groups in total. The molecular formula is C15H15F3N4O3. The van der Waals surface area contributed by atoms with Crippen LogP contribution in [0.4, 0.5) is 13.2 Å². The molecule has 1 amide bonds. The number of halogens is 3. The van der Waals surface area contributed by atoms with Crippen molar-refractivity contribution in [3.63, 3.8) is 0 Å². The highest BCUT2D eigenvalue weighted by molar-refractivity contribution is 5.91. The molecule has 2 aromatic rings. The first-order valence-electron chi connectivity index (χ1n) is 7.16. The summed E-state index contributed by atoms with van der Waals surface area (Å²) in [6, 6.07) is 4.83. The number of ether oxygens (including phenoxy) is 1. The van der Waals surface area contributed by atoms with Gasteiger partial charge in [-0.25, -0.2) is 14.5 Å². The minimum atomic E-state index is -4.53. The van der Waals surface area contributed by atoms with Crippen LogP contribution >= 0.6 is 0 Å². The number of rotatable bonds is 5. The van der Waals surface area contributed by atoms with E-state index in [-0.39, 0.29) is 5.56 Å². The minimum absolute atomic E-state index is 0.0638. The van der Waals surface area contributed by atoms with Crippen molar-refractivity contribution >= 4 is 11.9 Å². The Labute approximate surface area is 140 Å². The minimum Gasteiger partial charge on any atom is -0.452 e. The van der Waals surface area contributed by atoms with E-state index >= 15 is 0 Å². The van der Waals surface area contributed by atoms with Crippen molar-refractivity contribution in [1.82, 2.24) is 20.1 Å². The van der Waals surface area contributed by atoms with Crippen molar-refractivity contribution in [3.8, 4) is 5.82 Å². The Morgan fingerprint density at radius 3 is 2.52 bits per heavy atom. The van der Waals surface area contributed by atoms with E-state index in [1.165, 1.54) is 12.3 Å². The highest BCUT2D eigenvalue weighted by Crippen LogP contribution is 2.12. The van der Waals surface area contributed by atoms with Crippen molar-refractivity contribution in [3.05, 3.63) is 41.3 Å². The van der Waals surface area contributed by atoms with Gasteiger partial charge in [0.25, 0.3) is 5.91 Å². The number of alkyl halides is 3. The smallest absolute Gasteiger partial charge is 0.405 e. The Balaban J connectivity index is 1.92. The summed E-state index contributed by atoms with van der Waals surface area (Å²) < 4.78 is 42.1. The maximum Gasteiger partial charge on any atom is 0.405 e. The number of aryl methyl sites for hydroxylation is 2. The van der Waals surface area contributed by atoms with Gasteiger partial charge in [-0.3, -0.25) is 4.79 Å². The largest absolute Gasteiger partial charge is 0.452 e. The van der Waals surface area contributed by atoms with Crippen LogP contribution in [0.1, 0.15) is 21.7 Å². The molecule has 10 heteroatoms. The molecule has 0 aliphatic heterocycles. The lowest BCUT2D eigenvalue weighted by Crippen LogP contribution is -2.36. The van der Waals surface area contributed by atoms with E-state index in [1.54, 1.807) is 16.1 Å². The average Bonchev–Trinajstić information content (AvgIpc) is 2.88. The Hall–Kier alpha value is -2.91. The van der Waals surface area contributed by atoms with Gasteiger partial charge in [-0.2, -0.15) is 18.3 Å². The highest BCUT2D eigenvalue weighted by atomic mass is 19.4.